The summed E-state index contributed by atoms with van der Waals surface area (Å²) in [5, 5.41) is 12.5. The second-order valence-corrected chi connectivity index (χ2v) is 7.39. The smallest absolute Gasteiger partial charge is 0.335 e. The van der Waals surface area contributed by atoms with Crippen LogP contribution in [0, 0.1) is 0 Å². The number of benzene rings is 1. The fourth-order valence-corrected chi connectivity index (χ4v) is 3.90. The maximum atomic E-state index is 11.4. The van der Waals surface area contributed by atoms with Crippen LogP contribution >= 0.6 is 11.8 Å². The van der Waals surface area contributed by atoms with Crippen LogP contribution in [0.4, 0.5) is 5.69 Å². The van der Waals surface area contributed by atoms with E-state index in [9.17, 15) is 9.90 Å². The number of hydrogen-bond donors (Lipinski definition) is 2. The molecule has 1 aliphatic rings. The molecule has 1 aromatic rings. The van der Waals surface area contributed by atoms with Crippen LogP contribution in [-0.2, 0) is 5.41 Å². The number of allylic oxidation sites excluding steroid dienone is 4. The first kappa shape index (κ1) is 18.4. The van der Waals surface area contributed by atoms with Crippen molar-refractivity contribution < 1.29 is 9.90 Å². The fraction of sp³-hybridized carbons (Fsp3) is 0.350. The molecule has 0 fully saturated rings. The Morgan fingerprint density at radius 2 is 2.25 bits per heavy atom. The van der Waals surface area contributed by atoms with Crippen molar-refractivity contribution in [2.75, 3.05) is 18.1 Å². The Labute approximate surface area is 148 Å². The average Bonchev–Trinajstić information content (AvgIpc) is 3.07. The van der Waals surface area contributed by atoms with Crippen molar-refractivity contribution in [3.05, 3.63) is 65.1 Å². The van der Waals surface area contributed by atoms with Gasteiger partial charge in [0.1, 0.15) is 0 Å². The number of nitrogens with one attached hydrogen (secondary N) is 1. The highest BCUT2D eigenvalue weighted by atomic mass is 32.2. The van der Waals surface area contributed by atoms with Crippen LogP contribution in [0.25, 0.3) is 0 Å². The zero-order valence-electron chi connectivity index (χ0n) is 14.3. The summed E-state index contributed by atoms with van der Waals surface area (Å²) >= 11 is 1.88. The molecule has 1 heterocycles. The van der Waals surface area contributed by atoms with Gasteiger partial charge in [-0.25, -0.2) is 4.79 Å². The maximum Gasteiger partial charge on any atom is 0.335 e. The minimum absolute atomic E-state index is 0.202. The summed E-state index contributed by atoms with van der Waals surface area (Å²) in [7, 11) is 1.86. The van der Waals surface area contributed by atoms with Crippen LogP contribution in [0.2, 0.25) is 0 Å². The Kier molecular flexibility index (Phi) is 6.32. The van der Waals surface area contributed by atoms with E-state index in [0.717, 1.165) is 36.3 Å². The average molecular weight is 343 g/mol. The van der Waals surface area contributed by atoms with Gasteiger partial charge in [0, 0.05) is 28.8 Å². The topological polar surface area (TPSA) is 49.3 Å². The molecule has 1 atom stereocenters. The zero-order valence-corrected chi connectivity index (χ0v) is 15.2. The van der Waals surface area contributed by atoms with Crippen LogP contribution < -0.4 is 5.32 Å². The monoisotopic (exact) mass is 343 g/mol. The molecule has 4 heteroatoms. The van der Waals surface area contributed by atoms with Crippen LogP contribution in [0.1, 0.15) is 42.1 Å². The van der Waals surface area contributed by atoms with E-state index in [4.69, 9.17) is 0 Å². The molecule has 2 N–H and O–H groups in total. The molecule has 1 unspecified atom stereocenters. The van der Waals surface area contributed by atoms with E-state index in [1.165, 1.54) is 4.91 Å². The summed E-state index contributed by atoms with van der Waals surface area (Å²) in [5.41, 5.74) is 2.10. The Hall–Kier alpha value is -1.94. The molecule has 0 aliphatic carbocycles. The van der Waals surface area contributed by atoms with Crippen molar-refractivity contribution in [2.45, 2.75) is 31.6 Å². The lowest BCUT2D eigenvalue weighted by atomic mass is 9.75. The van der Waals surface area contributed by atoms with Gasteiger partial charge < -0.3 is 10.4 Å². The number of aromatic carboxylic acids is 1. The summed E-state index contributed by atoms with van der Waals surface area (Å²) in [4.78, 5) is 12.7. The van der Waals surface area contributed by atoms with Crippen LogP contribution in [0.3, 0.4) is 0 Å². The Bertz CT molecular complexity index is 678. The summed E-state index contributed by atoms with van der Waals surface area (Å²) < 4.78 is 0. The summed E-state index contributed by atoms with van der Waals surface area (Å²) in [6, 6.07) is 5.27. The Morgan fingerprint density at radius 3 is 2.83 bits per heavy atom. The maximum absolute atomic E-state index is 11.4. The molecule has 0 saturated heterocycles. The van der Waals surface area contributed by atoms with Gasteiger partial charge in [0.15, 0.2) is 0 Å². The van der Waals surface area contributed by atoms with E-state index in [2.05, 4.69) is 37.0 Å². The molecule has 0 amide bonds. The third-order valence-corrected chi connectivity index (χ3v) is 5.44. The molecule has 1 aliphatic heterocycles. The Balaban J connectivity index is 2.34. The van der Waals surface area contributed by atoms with Crippen molar-refractivity contribution in [3.63, 3.8) is 0 Å². The minimum atomic E-state index is -0.900. The van der Waals surface area contributed by atoms with E-state index in [0.29, 0.717) is 5.56 Å². The fourth-order valence-electron chi connectivity index (χ4n) is 3.00. The quantitative estimate of drug-likeness (QED) is 0.635. The predicted molar refractivity (Wildman–Crippen MR) is 104 cm³/mol. The van der Waals surface area contributed by atoms with Gasteiger partial charge >= 0.3 is 5.97 Å². The van der Waals surface area contributed by atoms with E-state index < -0.39 is 5.97 Å². The molecule has 0 radical (unpaired) electrons. The molecule has 0 bridgehead atoms. The van der Waals surface area contributed by atoms with Gasteiger partial charge in [-0.3, -0.25) is 0 Å². The van der Waals surface area contributed by atoms with Gasteiger partial charge in [-0.2, -0.15) is 0 Å². The molecule has 0 aromatic heterocycles. The summed E-state index contributed by atoms with van der Waals surface area (Å²) in [6.45, 7) is 6.06. The number of carboxylic acids is 1. The van der Waals surface area contributed by atoms with Gasteiger partial charge in [-0.1, -0.05) is 31.2 Å². The summed E-state index contributed by atoms with van der Waals surface area (Å²) in [5.74, 6) is 0.261. The zero-order chi connectivity index (χ0) is 17.6. The first-order valence-corrected chi connectivity index (χ1v) is 9.14. The number of carboxylic acid groups (broad SMARTS) is 1. The molecule has 2 rings (SSSR count). The normalized spacial score (nSPS) is 16.7. The van der Waals surface area contributed by atoms with Gasteiger partial charge in [-0.05, 0) is 43.0 Å². The van der Waals surface area contributed by atoms with E-state index in [-0.39, 0.29) is 5.41 Å². The van der Waals surface area contributed by atoms with Crippen LogP contribution in [0.5, 0.6) is 0 Å². The van der Waals surface area contributed by atoms with E-state index in [1.807, 2.05) is 31.0 Å². The lowest BCUT2D eigenvalue weighted by molar-refractivity contribution is 0.0696. The number of rotatable bonds is 8. The van der Waals surface area contributed by atoms with E-state index in [1.54, 1.807) is 12.1 Å². The number of hydrogen-bond acceptors (Lipinski definition) is 3. The van der Waals surface area contributed by atoms with Crippen molar-refractivity contribution in [1.82, 2.24) is 0 Å². The highest BCUT2D eigenvalue weighted by Gasteiger charge is 2.27. The number of carbonyl (C=O) groups is 1. The first-order chi connectivity index (χ1) is 11.5. The predicted octanol–water partition coefficient (Wildman–Crippen LogP) is 5.23. The number of anilines is 1. The molecular formula is C20H25NO2S. The second kappa shape index (κ2) is 8.25. The van der Waals surface area contributed by atoms with Gasteiger partial charge in [0.25, 0.3) is 0 Å². The summed E-state index contributed by atoms with van der Waals surface area (Å²) in [6.07, 6.45) is 11.3. The lowest BCUT2D eigenvalue weighted by Gasteiger charge is -2.30. The first-order valence-electron chi connectivity index (χ1n) is 8.16. The lowest BCUT2D eigenvalue weighted by Crippen LogP contribution is -2.22. The van der Waals surface area contributed by atoms with Crippen molar-refractivity contribution in [1.29, 1.82) is 0 Å². The third kappa shape index (κ3) is 4.32. The SMILES string of the molecule is C=CCC(C)(C/C=C/C1=CCCS1)c1cc(C(=O)O)ccc1NC. The van der Waals surface area contributed by atoms with Gasteiger partial charge in [0.2, 0.25) is 0 Å². The molecule has 128 valence electrons. The van der Waals surface area contributed by atoms with Crippen LogP contribution in [-0.4, -0.2) is 23.9 Å². The van der Waals surface area contributed by atoms with Crippen molar-refractivity contribution >= 4 is 23.4 Å². The molecule has 24 heavy (non-hydrogen) atoms. The minimum Gasteiger partial charge on any atom is -0.478 e. The molecule has 0 spiro atoms. The van der Waals surface area contributed by atoms with Gasteiger partial charge in [-0.15, -0.1) is 18.3 Å². The third-order valence-electron chi connectivity index (χ3n) is 4.36. The largest absolute Gasteiger partial charge is 0.478 e. The molecule has 0 saturated carbocycles. The highest BCUT2D eigenvalue weighted by Crippen LogP contribution is 2.38. The standard InChI is InChI=1S/C20H25NO2S/c1-4-11-20(2,12-5-7-16-8-6-13-24-16)17-14-15(19(22)23)9-10-18(17)21-3/h4-5,7-10,14,21H,1,6,11-13H2,2-3H3,(H,22,23)/b7-5+. The second-order valence-electron chi connectivity index (χ2n) is 6.22. The Morgan fingerprint density at radius 1 is 1.46 bits per heavy atom. The van der Waals surface area contributed by atoms with Gasteiger partial charge in [0.05, 0.1) is 5.56 Å². The van der Waals surface area contributed by atoms with Crippen molar-refractivity contribution in [3.8, 4) is 0 Å². The van der Waals surface area contributed by atoms with Crippen LogP contribution in [0.15, 0.2) is 54.0 Å². The highest BCUT2D eigenvalue weighted by molar-refractivity contribution is 8.03. The molecule has 1 aromatic carbocycles. The molecular weight excluding hydrogens is 318 g/mol. The van der Waals surface area contributed by atoms with Crippen molar-refractivity contribution in [2.24, 2.45) is 0 Å². The van der Waals surface area contributed by atoms with E-state index >= 15 is 0 Å². The number of thioether (sulfide) groups is 1. The molecule has 3 nitrogen and oxygen atoms in total.